The molecular weight excluding hydrogens is 340 g/mol. The monoisotopic (exact) mass is 358 g/mol. The first-order valence-electron chi connectivity index (χ1n) is 8.10. The molecule has 0 amide bonds. The van der Waals surface area contributed by atoms with Crippen LogP contribution in [0.25, 0.3) is 21.5 Å². The maximum Gasteiger partial charge on any atom is 0.229 e. The number of fused-ring (bicyclic) bond motifs is 3. The number of phenolic OH excluding ortho intramolecular Hbond substituents is 2. The Kier molecular flexibility index (Phi) is 3.89. The van der Waals surface area contributed by atoms with Crippen molar-refractivity contribution in [1.82, 2.24) is 0 Å². The van der Waals surface area contributed by atoms with Gasteiger partial charge < -0.3 is 35.0 Å². The van der Waals surface area contributed by atoms with E-state index >= 15 is 0 Å². The van der Waals surface area contributed by atoms with Gasteiger partial charge in [-0.15, -0.1) is 0 Å². The van der Waals surface area contributed by atoms with Crippen LogP contribution in [0.2, 0.25) is 0 Å². The third-order valence-electron chi connectivity index (χ3n) is 4.71. The molecule has 0 unspecified atom stereocenters. The molecule has 5 N–H and O–H groups in total. The van der Waals surface area contributed by atoms with Crippen molar-refractivity contribution in [3.63, 3.8) is 0 Å². The van der Waals surface area contributed by atoms with Gasteiger partial charge in [0.25, 0.3) is 0 Å². The Morgan fingerprint density at radius 3 is 2.58 bits per heavy atom. The van der Waals surface area contributed by atoms with Crippen LogP contribution in [-0.4, -0.2) is 56.7 Å². The highest BCUT2D eigenvalue weighted by molar-refractivity contribution is 6.13. The molecule has 136 valence electrons. The van der Waals surface area contributed by atoms with Crippen molar-refractivity contribution in [1.29, 1.82) is 0 Å². The van der Waals surface area contributed by atoms with Crippen molar-refractivity contribution in [2.24, 2.45) is 0 Å². The number of benzene rings is 3. The zero-order chi connectivity index (χ0) is 18.5. The molecule has 1 saturated heterocycles. The zero-order valence-corrected chi connectivity index (χ0v) is 13.7. The third-order valence-corrected chi connectivity index (χ3v) is 4.71. The second-order valence-electron chi connectivity index (χ2n) is 6.49. The number of rotatable bonds is 3. The van der Waals surface area contributed by atoms with Crippen LogP contribution in [-0.2, 0) is 4.74 Å². The van der Waals surface area contributed by atoms with E-state index in [1.165, 1.54) is 12.1 Å². The highest BCUT2D eigenvalue weighted by atomic mass is 16.7. The quantitative estimate of drug-likeness (QED) is 0.447. The fraction of sp³-hybridized carbons (Fsp3) is 0.263. The number of hydrogen-bond donors (Lipinski definition) is 5. The van der Waals surface area contributed by atoms with Gasteiger partial charge in [-0.2, -0.15) is 0 Å². The summed E-state index contributed by atoms with van der Waals surface area (Å²) in [5.41, 5.74) is -1.82. The number of hydrogen-bond acceptors (Lipinski definition) is 7. The molecule has 0 saturated carbocycles. The largest absolute Gasteiger partial charge is 0.508 e. The van der Waals surface area contributed by atoms with Crippen molar-refractivity contribution < 1.29 is 35.0 Å². The zero-order valence-electron chi connectivity index (χ0n) is 13.7. The maximum absolute atomic E-state index is 10.3. The summed E-state index contributed by atoms with van der Waals surface area (Å²) in [6, 6.07) is 11.6. The minimum Gasteiger partial charge on any atom is -0.508 e. The Bertz CT molecular complexity index is 986. The van der Waals surface area contributed by atoms with Crippen molar-refractivity contribution >= 4 is 21.5 Å². The molecule has 7 heteroatoms. The molecule has 3 atom stereocenters. The minimum absolute atomic E-state index is 0.0448. The number of ether oxygens (including phenoxy) is 2. The summed E-state index contributed by atoms with van der Waals surface area (Å²) in [6.45, 7) is -0.976. The Hall–Kier alpha value is -2.58. The van der Waals surface area contributed by atoms with Gasteiger partial charge in [-0.25, -0.2) is 0 Å². The molecule has 1 aliphatic heterocycles. The highest BCUT2D eigenvalue weighted by Gasteiger charge is 2.49. The summed E-state index contributed by atoms with van der Waals surface area (Å²) < 4.78 is 11.0. The smallest absolute Gasteiger partial charge is 0.229 e. The number of phenols is 2. The van der Waals surface area contributed by atoms with E-state index in [0.29, 0.717) is 16.2 Å². The summed E-state index contributed by atoms with van der Waals surface area (Å²) >= 11 is 0. The van der Waals surface area contributed by atoms with E-state index in [1.54, 1.807) is 18.2 Å². The molecule has 0 bridgehead atoms. The lowest BCUT2D eigenvalue weighted by atomic mass is 9.99. The highest BCUT2D eigenvalue weighted by Crippen LogP contribution is 2.41. The van der Waals surface area contributed by atoms with E-state index in [2.05, 4.69) is 0 Å². The van der Waals surface area contributed by atoms with Crippen LogP contribution in [0, 0.1) is 0 Å². The fourth-order valence-corrected chi connectivity index (χ4v) is 3.28. The van der Waals surface area contributed by atoms with Crippen molar-refractivity contribution in [3.8, 4) is 17.2 Å². The summed E-state index contributed by atoms with van der Waals surface area (Å²) in [5.74, 6) is 0.161. The lowest BCUT2D eigenvalue weighted by molar-refractivity contribution is -0.115. The van der Waals surface area contributed by atoms with Crippen molar-refractivity contribution in [3.05, 3.63) is 42.5 Å². The number of aliphatic hydroxyl groups is 3. The first-order valence-corrected chi connectivity index (χ1v) is 8.10. The van der Waals surface area contributed by atoms with Gasteiger partial charge >= 0.3 is 0 Å². The van der Waals surface area contributed by atoms with E-state index in [1.807, 2.05) is 12.1 Å². The Labute approximate surface area is 148 Å². The van der Waals surface area contributed by atoms with Crippen molar-refractivity contribution in [2.75, 3.05) is 13.2 Å². The Balaban J connectivity index is 1.87. The normalized spacial score (nSPS) is 25.8. The van der Waals surface area contributed by atoms with Crippen LogP contribution in [0.1, 0.15) is 0 Å². The number of aromatic hydroxyl groups is 2. The molecular formula is C19H18O7. The van der Waals surface area contributed by atoms with Crippen LogP contribution in [0.4, 0.5) is 0 Å². The molecule has 0 radical (unpaired) electrons. The van der Waals surface area contributed by atoms with Crippen molar-refractivity contribution in [2.45, 2.75) is 18.0 Å². The second kappa shape index (κ2) is 6.00. The maximum atomic E-state index is 10.3. The van der Waals surface area contributed by atoms with Gasteiger partial charge in [0.2, 0.25) is 6.29 Å². The molecule has 0 aromatic heterocycles. The lowest BCUT2D eigenvalue weighted by Crippen LogP contribution is -2.48. The molecule has 3 aromatic rings. The summed E-state index contributed by atoms with van der Waals surface area (Å²) in [6.07, 6.45) is -2.72. The fourth-order valence-electron chi connectivity index (χ4n) is 3.28. The van der Waals surface area contributed by atoms with Gasteiger partial charge in [0, 0.05) is 16.8 Å². The first kappa shape index (κ1) is 16.9. The number of aliphatic hydroxyl groups excluding tert-OH is 2. The predicted molar refractivity (Wildman–Crippen MR) is 93.2 cm³/mol. The molecule has 0 aliphatic carbocycles. The second-order valence-corrected chi connectivity index (χ2v) is 6.49. The van der Waals surface area contributed by atoms with Crippen LogP contribution in [0.3, 0.4) is 0 Å². The van der Waals surface area contributed by atoms with Gasteiger partial charge in [-0.3, -0.25) is 0 Å². The molecule has 4 rings (SSSR count). The van der Waals surface area contributed by atoms with Crippen LogP contribution in [0.15, 0.2) is 42.5 Å². The third kappa shape index (κ3) is 2.53. The van der Waals surface area contributed by atoms with Crippen LogP contribution >= 0.6 is 0 Å². The topological polar surface area (TPSA) is 120 Å². The van der Waals surface area contributed by atoms with Gasteiger partial charge in [0.05, 0.1) is 13.2 Å². The molecule has 26 heavy (non-hydrogen) atoms. The van der Waals surface area contributed by atoms with E-state index < -0.39 is 24.6 Å². The van der Waals surface area contributed by atoms with Crippen LogP contribution in [0.5, 0.6) is 17.2 Å². The van der Waals surface area contributed by atoms with E-state index in [9.17, 15) is 25.5 Å². The minimum atomic E-state index is -1.82. The van der Waals surface area contributed by atoms with E-state index in [4.69, 9.17) is 9.47 Å². The molecule has 1 heterocycles. The summed E-state index contributed by atoms with van der Waals surface area (Å²) in [5, 5.41) is 52.4. The molecule has 3 aromatic carbocycles. The van der Waals surface area contributed by atoms with Gasteiger partial charge in [0.1, 0.15) is 29.0 Å². The van der Waals surface area contributed by atoms with Gasteiger partial charge in [0.15, 0.2) is 0 Å². The lowest BCUT2D eigenvalue weighted by Gasteiger charge is -2.24. The van der Waals surface area contributed by atoms with E-state index in [-0.39, 0.29) is 23.9 Å². The van der Waals surface area contributed by atoms with E-state index in [0.717, 1.165) is 5.39 Å². The molecule has 0 spiro atoms. The molecule has 1 aliphatic rings. The average Bonchev–Trinajstić information content (AvgIpc) is 2.90. The first-order chi connectivity index (χ1) is 12.4. The molecule has 1 fully saturated rings. The standard InChI is InChI=1S/C19H18O7/c20-8-19(24)9-25-18(17(19)23)26-14-7-12(21)6-11-5-4-10-2-1-3-13(22)15(10)16(11)14/h1-7,17-18,20-24H,8-9H2/t17-,18+,19+/m0/s1. The Morgan fingerprint density at radius 2 is 1.85 bits per heavy atom. The van der Waals surface area contributed by atoms with Crippen LogP contribution < -0.4 is 4.74 Å². The van der Waals surface area contributed by atoms with Gasteiger partial charge in [-0.05, 0) is 22.9 Å². The average molecular weight is 358 g/mol. The molecule has 7 nitrogen and oxygen atoms in total. The summed E-state index contributed by atoms with van der Waals surface area (Å²) in [7, 11) is 0. The predicted octanol–water partition coefficient (Wildman–Crippen LogP) is 1.22. The summed E-state index contributed by atoms with van der Waals surface area (Å²) in [4.78, 5) is 0. The van der Waals surface area contributed by atoms with Gasteiger partial charge in [-0.1, -0.05) is 24.3 Å². The Morgan fingerprint density at radius 1 is 1.08 bits per heavy atom. The SMILES string of the molecule is OC[C@@]1(O)CO[C@H](Oc2cc(O)cc3ccc4cccc(O)c4c23)[C@@H]1O.